The molecule has 4 heterocycles. The number of furan rings is 1. The van der Waals surface area contributed by atoms with Gasteiger partial charge in [-0.2, -0.15) is 0 Å². The molecule has 2 aliphatic rings. The summed E-state index contributed by atoms with van der Waals surface area (Å²) < 4.78 is 11.0. The number of anilines is 1. The maximum absolute atomic E-state index is 5.61. The van der Waals surface area contributed by atoms with Gasteiger partial charge in [-0.3, -0.25) is 9.80 Å². The summed E-state index contributed by atoms with van der Waals surface area (Å²) in [4.78, 5) is 16.5. The molecule has 0 amide bonds. The van der Waals surface area contributed by atoms with Gasteiger partial charge in [0.15, 0.2) is 0 Å². The average Bonchev–Trinajstić information content (AvgIpc) is 3.41. The minimum atomic E-state index is 0.619. The molecule has 2 aromatic heterocycles. The molecule has 0 N–H and O–H groups in total. The van der Waals surface area contributed by atoms with Gasteiger partial charge in [0.05, 0.1) is 26.0 Å². The molecule has 2 aromatic rings. The monoisotopic (exact) mass is 385 g/mol. The highest BCUT2D eigenvalue weighted by atomic mass is 16.5. The molecule has 0 spiro atoms. The molecule has 0 unspecified atom stereocenters. The number of morpholine rings is 1. The summed E-state index contributed by atoms with van der Waals surface area (Å²) >= 11 is 0. The van der Waals surface area contributed by atoms with Gasteiger partial charge in [0, 0.05) is 50.2 Å². The van der Waals surface area contributed by atoms with Crippen LogP contribution in [0, 0.1) is 0 Å². The van der Waals surface area contributed by atoms with Gasteiger partial charge in [-0.25, -0.2) is 9.97 Å². The third kappa shape index (κ3) is 4.90. The molecule has 4 rings (SSSR count). The fraction of sp³-hybridized carbons (Fsp3) is 0.619. The van der Waals surface area contributed by atoms with Crippen LogP contribution < -0.4 is 4.90 Å². The molecule has 2 aliphatic heterocycles. The van der Waals surface area contributed by atoms with Crippen LogP contribution in [0.5, 0.6) is 0 Å². The highest BCUT2D eigenvalue weighted by molar-refractivity contribution is 5.30. The van der Waals surface area contributed by atoms with Crippen LogP contribution in [0.25, 0.3) is 0 Å². The Hall–Kier alpha value is -1.96. The zero-order valence-electron chi connectivity index (χ0n) is 16.8. The standard InChI is InChI=1S/C21H31N5O2/c1-2-25-7-3-5-19(25)16-24(17-20-6-4-10-28-20)15-18-13-22-21(23-14-18)26-8-11-27-12-9-26/h4,6,10,13-14,19H,2-3,5,7-9,11-12,15-17H2,1H3/t19-/m1/s1. The van der Waals surface area contributed by atoms with E-state index < -0.39 is 0 Å². The third-order valence-electron chi connectivity index (χ3n) is 5.73. The van der Waals surface area contributed by atoms with E-state index in [1.807, 2.05) is 18.5 Å². The van der Waals surface area contributed by atoms with Crippen molar-refractivity contribution in [2.24, 2.45) is 0 Å². The van der Waals surface area contributed by atoms with E-state index in [4.69, 9.17) is 9.15 Å². The number of hydrogen-bond acceptors (Lipinski definition) is 7. The summed E-state index contributed by atoms with van der Waals surface area (Å²) in [5.74, 6) is 1.81. The van der Waals surface area contributed by atoms with Crippen LogP contribution in [0.2, 0.25) is 0 Å². The average molecular weight is 386 g/mol. The number of hydrogen-bond donors (Lipinski definition) is 0. The fourth-order valence-corrected chi connectivity index (χ4v) is 4.24. The second kappa shape index (κ2) is 9.49. The zero-order chi connectivity index (χ0) is 19.2. The molecular formula is C21H31N5O2. The van der Waals surface area contributed by atoms with Crippen molar-refractivity contribution in [3.05, 3.63) is 42.1 Å². The first kappa shape index (κ1) is 19.4. The van der Waals surface area contributed by atoms with E-state index in [0.717, 1.165) is 69.8 Å². The van der Waals surface area contributed by atoms with E-state index in [9.17, 15) is 0 Å². The Balaban J connectivity index is 1.42. The van der Waals surface area contributed by atoms with Crippen molar-refractivity contribution in [2.45, 2.75) is 38.9 Å². The molecular weight excluding hydrogens is 354 g/mol. The van der Waals surface area contributed by atoms with Crippen LogP contribution in [0.3, 0.4) is 0 Å². The van der Waals surface area contributed by atoms with Crippen molar-refractivity contribution in [2.75, 3.05) is 50.8 Å². The van der Waals surface area contributed by atoms with Crippen LogP contribution >= 0.6 is 0 Å². The van der Waals surface area contributed by atoms with Gasteiger partial charge in [0.2, 0.25) is 5.95 Å². The zero-order valence-corrected chi connectivity index (χ0v) is 16.8. The first-order chi connectivity index (χ1) is 13.8. The molecule has 1 atom stereocenters. The number of ether oxygens (including phenoxy) is 1. The maximum atomic E-state index is 5.61. The van der Waals surface area contributed by atoms with Crippen molar-refractivity contribution < 1.29 is 9.15 Å². The molecule has 0 saturated carbocycles. The van der Waals surface area contributed by atoms with Crippen LogP contribution in [0.1, 0.15) is 31.1 Å². The van der Waals surface area contributed by atoms with Crippen molar-refractivity contribution >= 4 is 5.95 Å². The summed E-state index contributed by atoms with van der Waals surface area (Å²) in [6, 6.07) is 4.63. The first-order valence-electron chi connectivity index (χ1n) is 10.4. The lowest BCUT2D eigenvalue weighted by molar-refractivity contribution is 0.122. The van der Waals surface area contributed by atoms with E-state index >= 15 is 0 Å². The second-order valence-corrected chi connectivity index (χ2v) is 7.66. The number of likely N-dealkylation sites (N-methyl/N-ethyl adjacent to an activating group) is 1. The first-order valence-corrected chi connectivity index (χ1v) is 10.4. The summed E-state index contributed by atoms with van der Waals surface area (Å²) in [5.41, 5.74) is 1.14. The van der Waals surface area contributed by atoms with Gasteiger partial charge in [-0.15, -0.1) is 0 Å². The molecule has 152 valence electrons. The Morgan fingerprint density at radius 1 is 1.14 bits per heavy atom. The Morgan fingerprint density at radius 3 is 2.68 bits per heavy atom. The van der Waals surface area contributed by atoms with Gasteiger partial charge in [0.25, 0.3) is 0 Å². The minimum Gasteiger partial charge on any atom is -0.468 e. The van der Waals surface area contributed by atoms with Crippen LogP contribution in [-0.4, -0.2) is 71.7 Å². The summed E-state index contributed by atoms with van der Waals surface area (Å²) in [5, 5.41) is 0. The van der Waals surface area contributed by atoms with E-state index in [0.29, 0.717) is 6.04 Å². The third-order valence-corrected chi connectivity index (χ3v) is 5.73. The SMILES string of the molecule is CCN1CCC[C@@H]1CN(Cc1cnc(N2CCOCC2)nc1)Cc1ccco1. The van der Waals surface area contributed by atoms with Crippen LogP contribution in [0.15, 0.2) is 35.2 Å². The second-order valence-electron chi connectivity index (χ2n) is 7.66. The smallest absolute Gasteiger partial charge is 0.225 e. The van der Waals surface area contributed by atoms with E-state index in [-0.39, 0.29) is 0 Å². The lowest BCUT2D eigenvalue weighted by Gasteiger charge is -2.30. The number of nitrogens with zero attached hydrogens (tertiary/aromatic N) is 5. The van der Waals surface area contributed by atoms with Gasteiger partial charge in [-0.1, -0.05) is 6.92 Å². The van der Waals surface area contributed by atoms with Gasteiger partial charge < -0.3 is 14.1 Å². The summed E-state index contributed by atoms with van der Waals surface area (Å²) in [6.45, 7) is 10.5. The molecule has 2 fully saturated rings. The molecule has 0 aromatic carbocycles. The van der Waals surface area contributed by atoms with Crippen molar-refractivity contribution in [3.8, 4) is 0 Å². The highest BCUT2D eigenvalue weighted by Gasteiger charge is 2.25. The van der Waals surface area contributed by atoms with Gasteiger partial charge in [-0.05, 0) is 38.1 Å². The highest BCUT2D eigenvalue weighted by Crippen LogP contribution is 2.20. The molecule has 7 nitrogen and oxygen atoms in total. The molecule has 0 bridgehead atoms. The van der Waals surface area contributed by atoms with Crippen LogP contribution in [-0.2, 0) is 17.8 Å². The maximum Gasteiger partial charge on any atom is 0.225 e. The van der Waals surface area contributed by atoms with Gasteiger partial charge >= 0.3 is 0 Å². The van der Waals surface area contributed by atoms with Gasteiger partial charge in [0.1, 0.15) is 5.76 Å². The topological polar surface area (TPSA) is 57.9 Å². The lowest BCUT2D eigenvalue weighted by Crippen LogP contribution is -2.40. The quantitative estimate of drug-likeness (QED) is 0.691. The Bertz CT molecular complexity index is 700. The van der Waals surface area contributed by atoms with Crippen molar-refractivity contribution in [3.63, 3.8) is 0 Å². The molecule has 2 saturated heterocycles. The normalized spacial score (nSPS) is 20.9. The summed E-state index contributed by atoms with van der Waals surface area (Å²) in [6.07, 6.45) is 8.26. The summed E-state index contributed by atoms with van der Waals surface area (Å²) in [7, 11) is 0. The Labute approximate surface area is 167 Å². The molecule has 28 heavy (non-hydrogen) atoms. The molecule has 0 radical (unpaired) electrons. The van der Waals surface area contributed by atoms with E-state index in [2.05, 4.69) is 37.7 Å². The number of aromatic nitrogens is 2. The molecule has 7 heteroatoms. The predicted octanol–water partition coefficient (Wildman–Crippen LogP) is 2.39. The Kier molecular flexibility index (Phi) is 6.57. The van der Waals surface area contributed by atoms with E-state index in [1.54, 1.807) is 6.26 Å². The number of likely N-dealkylation sites (tertiary alicyclic amines) is 1. The van der Waals surface area contributed by atoms with Crippen molar-refractivity contribution in [1.29, 1.82) is 0 Å². The predicted molar refractivity (Wildman–Crippen MR) is 108 cm³/mol. The minimum absolute atomic E-state index is 0.619. The number of rotatable bonds is 8. The largest absolute Gasteiger partial charge is 0.468 e. The fourth-order valence-electron chi connectivity index (χ4n) is 4.24. The van der Waals surface area contributed by atoms with E-state index in [1.165, 1.54) is 19.4 Å². The van der Waals surface area contributed by atoms with Crippen LogP contribution in [0.4, 0.5) is 5.95 Å². The lowest BCUT2D eigenvalue weighted by atomic mass is 10.2. The Morgan fingerprint density at radius 2 is 1.96 bits per heavy atom. The molecule has 0 aliphatic carbocycles. The van der Waals surface area contributed by atoms with Crippen molar-refractivity contribution in [1.82, 2.24) is 19.8 Å².